The highest BCUT2D eigenvalue weighted by atomic mass is 16.5. The molecule has 2 atom stereocenters. The van der Waals surface area contributed by atoms with Gasteiger partial charge in [-0.1, -0.05) is 24.3 Å². The molecule has 0 radical (unpaired) electrons. The lowest BCUT2D eigenvalue weighted by Crippen LogP contribution is -2.44. The number of methoxy groups -OCH3 is 2. The van der Waals surface area contributed by atoms with Crippen LogP contribution in [0.15, 0.2) is 42.5 Å². The van der Waals surface area contributed by atoms with Gasteiger partial charge in [-0.2, -0.15) is 0 Å². The molecule has 1 spiro atoms. The summed E-state index contributed by atoms with van der Waals surface area (Å²) in [6.45, 7) is 1.45. The molecule has 1 aliphatic heterocycles. The Hall–Kier alpha value is -3.55. The number of rotatable bonds is 6. The van der Waals surface area contributed by atoms with Crippen molar-refractivity contribution in [2.45, 2.75) is 31.3 Å². The Morgan fingerprint density at radius 3 is 2.71 bits per heavy atom. The first-order valence-electron chi connectivity index (χ1n) is 10.1. The molecule has 1 aliphatic carbocycles. The molecule has 2 aromatic carbocycles. The van der Waals surface area contributed by atoms with Crippen LogP contribution in [0.4, 0.5) is 4.79 Å². The predicted molar refractivity (Wildman–Crippen MR) is 113 cm³/mol. The lowest BCUT2D eigenvalue weighted by molar-refractivity contribution is -0.135. The van der Waals surface area contributed by atoms with Gasteiger partial charge in [0.1, 0.15) is 23.6 Å². The molecule has 2 aliphatic rings. The first-order valence-corrected chi connectivity index (χ1v) is 10.1. The summed E-state index contributed by atoms with van der Waals surface area (Å²) in [6, 6.07) is 11.9. The second-order valence-corrected chi connectivity index (χ2v) is 7.78. The number of carbonyl (C=O) groups is 3. The van der Waals surface area contributed by atoms with Crippen LogP contribution in [0.25, 0.3) is 0 Å². The minimum Gasteiger partial charge on any atom is -0.497 e. The smallest absolute Gasteiger partial charge is 0.325 e. The maximum atomic E-state index is 13.2. The van der Waals surface area contributed by atoms with Gasteiger partial charge in [0.25, 0.3) is 5.91 Å². The molecule has 1 heterocycles. The van der Waals surface area contributed by atoms with Gasteiger partial charge in [0.2, 0.25) is 5.91 Å². The summed E-state index contributed by atoms with van der Waals surface area (Å²) in [6.07, 6.45) is 1.20. The van der Waals surface area contributed by atoms with Crippen molar-refractivity contribution in [3.05, 3.63) is 59.2 Å². The van der Waals surface area contributed by atoms with Crippen molar-refractivity contribution in [2.24, 2.45) is 0 Å². The zero-order valence-corrected chi connectivity index (χ0v) is 17.7. The number of nitrogens with zero attached hydrogens (tertiary/aromatic N) is 1. The van der Waals surface area contributed by atoms with E-state index in [-0.39, 0.29) is 12.5 Å². The Balaban J connectivity index is 1.49. The van der Waals surface area contributed by atoms with Gasteiger partial charge in [-0.3, -0.25) is 14.5 Å². The molecule has 4 amide bonds. The zero-order valence-electron chi connectivity index (χ0n) is 17.7. The molecular weight excluding hydrogens is 398 g/mol. The van der Waals surface area contributed by atoms with Crippen molar-refractivity contribution in [2.75, 3.05) is 20.8 Å². The average Bonchev–Trinajstić information content (AvgIpc) is 3.26. The Labute approximate surface area is 180 Å². The minimum absolute atomic E-state index is 0.356. The van der Waals surface area contributed by atoms with Crippen LogP contribution in [-0.2, 0) is 21.5 Å². The molecule has 0 saturated carbocycles. The van der Waals surface area contributed by atoms with Crippen LogP contribution in [0.3, 0.4) is 0 Å². The monoisotopic (exact) mass is 423 g/mol. The van der Waals surface area contributed by atoms with E-state index in [0.717, 1.165) is 21.6 Å². The van der Waals surface area contributed by atoms with E-state index in [2.05, 4.69) is 10.6 Å². The second kappa shape index (κ2) is 7.94. The molecule has 2 N–H and O–H groups in total. The molecule has 31 heavy (non-hydrogen) atoms. The van der Waals surface area contributed by atoms with Crippen molar-refractivity contribution in [3.8, 4) is 11.5 Å². The van der Waals surface area contributed by atoms with Crippen LogP contribution in [0.5, 0.6) is 11.5 Å². The van der Waals surface area contributed by atoms with Gasteiger partial charge >= 0.3 is 6.03 Å². The summed E-state index contributed by atoms with van der Waals surface area (Å²) in [5, 5.41) is 5.67. The number of urea groups is 1. The van der Waals surface area contributed by atoms with Gasteiger partial charge in [-0.25, -0.2) is 4.79 Å². The van der Waals surface area contributed by atoms with E-state index >= 15 is 0 Å². The fourth-order valence-electron chi connectivity index (χ4n) is 4.42. The summed E-state index contributed by atoms with van der Waals surface area (Å²) in [5.74, 6) is 0.409. The van der Waals surface area contributed by atoms with E-state index in [9.17, 15) is 14.4 Å². The van der Waals surface area contributed by atoms with Gasteiger partial charge < -0.3 is 20.1 Å². The first-order chi connectivity index (χ1) is 14.9. The number of ether oxygens (including phenoxy) is 2. The fourth-order valence-corrected chi connectivity index (χ4v) is 4.42. The van der Waals surface area contributed by atoms with Crippen molar-refractivity contribution in [1.29, 1.82) is 0 Å². The van der Waals surface area contributed by atoms with Crippen LogP contribution in [0.1, 0.15) is 36.1 Å². The van der Waals surface area contributed by atoms with E-state index in [4.69, 9.17) is 9.47 Å². The van der Waals surface area contributed by atoms with Gasteiger partial charge in [-0.15, -0.1) is 0 Å². The van der Waals surface area contributed by atoms with Crippen LogP contribution in [0.2, 0.25) is 0 Å². The van der Waals surface area contributed by atoms with Gasteiger partial charge in [-0.05, 0) is 49.1 Å². The molecule has 0 bridgehead atoms. The van der Waals surface area contributed by atoms with E-state index < -0.39 is 23.5 Å². The van der Waals surface area contributed by atoms with Crippen LogP contribution < -0.4 is 20.1 Å². The summed E-state index contributed by atoms with van der Waals surface area (Å²) in [4.78, 5) is 39.5. The summed E-state index contributed by atoms with van der Waals surface area (Å²) < 4.78 is 10.6. The number of hydrogen-bond donors (Lipinski definition) is 2. The Morgan fingerprint density at radius 2 is 1.97 bits per heavy atom. The Kier molecular flexibility index (Phi) is 5.31. The standard InChI is InChI=1S/C23H25N3O5/c1-14(17-12-16(30-2)8-9-19(17)31-3)24-20(27)13-26-21(28)23(25-22(26)29)11-10-15-6-4-5-7-18(15)23/h4-9,12,14H,10-11,13H2,1-3H3,(H,24,27)(H,25,29)/t14-,23-/m1/s1. The Morgan fingerprint density at radius 1 is 1.19 bits per heavy atom. The number of carbonyl (C=O) groups excluding carboxylic acids is 3. The summed E-state index contributed by atoms with van der Waals surface area (Å²) in [5.41, 5.74) is 1.51. The Bertz CT molecular complexity index is 1050. The van der Waals surface area contributed by atoms with Crippen LogP contribution >= 0.6 is 0 Å². The molecule has 0 unspecified atom stereocenters. The zero-order chi connectivity index (χ0) is 22.2. The molecule has 2 aromatic rings. The molecule has 0 aromatic heterocycles. The van der Waals surface area contributed by atoms with Crippen molar-refractivity contribution < 1.29 is 23.9 Å². The van der Waals surface area contributed by atoms with E-state index in [1.807, 2.05) is 24.3 Å². The van der Waals surface area contributed by atoms with Crippen LogP contribution in [0, 0.1) is 0 Å². The maximum Gasteiger partial charge on any atom is 0.325 e. The maximum absolute atomic E-state index is 13.2. The minimum atomic E-state index is -1.07. The number of fused-ring (bicyclic) bond motifs is 2. The highest BCUT2D eigenvalue weighted by Gasteiger charge is 2.55. The highest BCUT2D eigenvalue weighted by molar-refractivity contribution is 6.09. The number of amides is 4. The quantitative estimate of drug-likeness (QED) is 0.695. The number of aryl methyl sites for hydroxylation is 1. The molecule has 4 rings (SSSR count). The third-order valence-electron chi connectivity index (χ3n) is 6.00. The third kappa shape index (κ3) is 3.48. The van der Waals surface area contributed by atoms with Crippen molar-refractivity contribution in [3.63, 3.8) is 0 Å². The normalized spacial score (nSPS) is 20.4. The molecule has 1 fully saturated rings. The topological polar surface area (TPSA) is 97.0 Å². The fraction of sp³-hybridized carbons (Fsp3) is 0.348. The first kappa shape index (κ1) is 20.7. The average molecular weight is 423 g/mol. The third-order valence-corrected chi connectivity index (χ3v) is 6.00. The largest absolute Gasteiger partial charge is 0.497 e. The number of imide groups is 1. The lowest BCUT2D eigenvalue weighted by atomic mass is 9.92. The molecule has 8 nitrogen and oxygen atoms in total. The number of nitrogens with one attached hydrogen (secondary N) is 2. The van der Waals surface area contributed by atoms with Gasteiger partial charge in [0.05, 0.1) is 20.3 Å². The number of hydrogen-bond acceptors (Lipinski definition) is 5. The molecule has 162 valence electrons. The molecular formula is C23H25N3O5. The summed E-state index contributed by atoms with van der Waals surface area (Å²) >= 11 is 0. The lowest BCUT2D eigenvalue weighted by Gasteiger charge is -2.22. The van der Waals surface area contributed by atoms with Crippen molar-refractivity contribution >= 4 is 17.8 Å². The van der Waals surface area contributed by atoms with Crippen LogP contribution in [-0.4, -0.2) is 43.5 Å². The van der Waals surface area contributed by atoms with E-state index in [0.29, 0.717) is 24.3 Å². The van der Waals surface area contributed by atoms with Gasteiger partial charge in [0.15, 0.2) is 0 Å². The highest BCUT2D eigenvalue weighted by Crippen LogP contribution is 2.41. The van der Waals surface area contributed by atoms with E-state index in [1.54, 1.807) is 39.3 Å². The molecule has 8 heteroatoms. The predicted octanol–water partition coefficient (Wildman–Crippen LogP) is 2.27. The molecule has 1 saturated heterocycles. The SMILES string of the molecule is COc1ccc(OC)c([C@@H](C)NC(=O)CN2C(=O)N[C@@]3(CCc4ccccc43)C2=O)c1. The van der Waals surface area contributed by atoms with Crippen molar-refractivity contribution in [1.82, 2.24) is 15.5 Å². The van der Waals surface area contributed by atoms with E-state index in [1.165, 1.54) is 0 Å². The van der Waals surface area contributed by atoms with Gasteiger partial charge in [0, 0.05) is 5.56 Å². The summed E-state index contributed by atoms with van der Waals surface area (Å²) in [7, 11) is 3.11. The second-order valence-electron chi connectivity index (χ2n) is 7.78. The number of benzene rings is 2.